The number of aryl methyl sites for hydroxylation is 1. The lowest BCUT2D eigenvalue weighted by atomic mass is 10.1. The molecule has 0 bridgehead atoms. The number of hydrogen-bond donors (Lipinski definition) is 2. The van der Waals surface area contributed by atoms with E-state index in [4.69, 9.17) is 23.2 Å². The van der Waals surface area contributed by atoms with Gasteiger partial charge in [0.15, 0.2) is 0 Å². The van der Waals surface area contributed by atoms with E-state index in [2.05, 4.69) is 15.8 Å². The van der Waals surface area contributed by atoms with Crippen molar-refractivity contribution in [1.82, 2.24) is 14.3 Å². The third-order valence-electron chi connectivity index (χ3n) is 6.64. The van der Waals surface area contributed by atoms with Crippen LogP contribution in [0, 0.1) is 13.8 Å². The van der Waals surface area contributed by atoms with Gasteiger partial charge in [-0.2, -0.15) is 9.41 Å². The number of carbonyl (C=O) groups excluding carboxylic acids is 2. The van der Waals surface area contributed by atoms with E-state index in [9.17, 15) is 18.0 Å². The first kappa shape index (κ1) is 32.0. The van der Waals surface area contributed by atoms with Crippen LogP contribution in [0.5, 0.6) is 0 Å². The van der Waals surface area contributed by atoms with Crippen LogP contribution in [0.1, 0.15) is 29.4 Å². The summed E-state index contributed by atoms with van der Waals surface area (Å²) < 4.78 is 30.2. The third-order valence-corrected chi connectivity index (χ3v) is 9.04. The molecule has 43 heavy (non-hydrogen) atoms. The first-order chi connectivity index (χ1) is 20.5. The predicted molar refractivity (Wildman–Crippen MR) is 171 cm³/mol. The molecule has 0 fully saturated rings. The molecule has 2 N–H and O–H groups in total. The minimum absolute atomic E-state index is 0.000681. The zero-order valence-electron chi connectivity index (χ0n) is 23.8. The number of benzene rings is 3. The molecule has 12 heteroatoms. The summed E-state index contributed by atoms with van der Waals surface area (Å²) in [4.78, 5) is 24.3. The summed E-state index contributed by atoms with van der Waals surface area (Å²) in [5, 5.41) is 7.73. The van der Waals surface area contributed by atoms with Gasteiger partial charge in [0, 0.05) is 41.1 Å². The number of halogens is 2. The average Bonchev–Trinajstić information content (AvgIpc) is 3.23. The number of amides is 2. The summed E-state index contributed by atoms with van der Waals surface area (Å²) in [7, 11) is -4.05. The second-order valence-electron chi connectivity index (χ2n) is 9.83. The minimum Gasteiger partial charge on any atom is -0.326 e. The maximum Gasteiger partial charge on any atom is 0.255 e. The maximum atomic E-state index is 13.6. The average molecular weight is 641 g/mol. The molecular weight excluding hydrogens is 609 g/mol. The summed E-state index contributed by atoms with van der Waals surface area (Å²) in [5.41, 5.74) is 7.09. The second kappa shape index (κ2) is 14.0. The number of rotatable bonds is 11. The van der Waals surface area contributed by atoms with E-state index in [0.717, 1.165) is 32.5 Å². The fraction of sp³-hybridized carbons (Fsp3) is 0.194. The van der Waals surface area contributed by atoms with Crippen LogP contribution in [0.2, 0.25) is 10.0 Å². The fourth-order valence-electron chi connectivity index (χ4n) is 4.57. The van der Waals surface area contributed by atoms with Crippen molar-refractivity contribution in [2.45, 2.75) is 32.1 Å². The Morgan fingerprint density at radius 3 is 2.33 bits per heavy atom. The number of hydrazone groups is 1. The van der Waals surface area contributed by atoms with E-state index in [1.165, 1.54) is 37.4 Å². The molecule has 1 aromatic heterocycles. The predicted octanol–water partition coefficient (Wildman–Crippen LogP) is 5.74. The van der Waals surface area contributed by atoms with Gasteiger partial charge in [-0.05, 0) is 74.4 Å². The van der Waals surface area contributed by atoms with E-state index >= 15 is 0 Å². The molecule has 3 aromatic carbocycles. The molecular formula is C31H31Cl2N5O4S. The molecule has 0 aliphatic heterocycles. The van der Waals surface area contributed by atoms with Crippen molar-refractivity contribution >= 4 is 56.9 Å². The smallest absolute Gasteiger partial charge is 0.255 e. The number of hydrogen-bond acceptors (Lipinski definition) is 5. The molecule has 0 spiro atoms. The van der Waals surface area contributed by atoms with E-state index in [-0.39, 0.29) is 17.3 Å². The molecule has 2 amide bonds. The van der Waals surface area contributed by atoms with Gasteiger partial charge in [-0.1, -0.05) is 53.5 Å². The van der Waals surface area contributed by atoms with Crippen LogP contribution < -0.4 is 10.7 Å². The molecule has 9 nitrogen and oxygen atoms in total. The SMILES string of the molecule is CC(=O)Nc1ccc(S(=O)(=O)N(CCc2ccccc2)CC(=O)N/N=C/c2cc(C)n(-c3ccc(Cl)cc3Cl)c2C)cc1. The van der Waals surface area contributed by atoms with Crippen molar-refractivity contribution in [3.8, 4) is 5.69 Å². The Hall–Kier alpha value is -3.96. The zero-order chi connectivity index (χ0) is 31.1. The van der Waals surface area contributed by atoms with Gasteiger partial charge in [0.2, 0.25) is 15.9 Å². The van der Waals surface area contributed by atoms with Gasteiger partial charge in [0.1, 0.15) is 0 Å². The lowest BCUT2D eigenvalue weighted by Crippen LogP contribution is -2.40. The van der Waals surface area contributed by atoms with Gasteiger partial charge in [-0.3, -0.25) is 9.59 Å². The van der Waals surface area contributed by atoms with Crippen LogP contribution in [0.3, 0.4) is 0 Å². The highest BCUT2D eigenvalue weighted by Crippen LogP contribution is 2.28. The third kappa shape index (κ3) is 8.11. The largest absolute Gasteiger partial charge is 0.326 e. The number of nitrogens with one attached hydrogen (secondary N) is 2. The van der Waals surface area contributed by atoms with Gasteiger partial charge < -0.3 is 9.88 Å². The quantitative estimate of drug-likeness (QED) is 0.161. The molecule has 224 valence electrons. The summed E-state index contributed by atoms with van der Waals surface area (Å²) >= 11 is 12.5. The molecule has 0 aliphatic rings. The van der Waals surface area contributed by atoms with E-state index in [0.29, 0.717) is 22.2 Å². The van der Waals surface area contributed by atoms with E-state index in [1.54, 1.807) is 12.1 Å². The topological polar surface area (TPSA) is 113 Å². The Labute approximate surface area is 261 Å². The second-order valence-corrected chi connectivity index (χ2v) is 12.6. The Bertz CT molecular complexity index is 1750. The number of anilines is 1. The first-order valence-electron chi connectivity index (χ1n) is 13.3. The highest BCUT2D eigenvalue weighted by Gasteiger charge is 2.26. The molecule has 0 aliphatic carbocycles. The number of carbonyl (C=O) groups is 2. The highest BCUT2D eigenvalue weighted by atomic mass is 35.5. The van der Waals surface area contributed by atoms with Gasteiger partial charge in [0.05, 0.1) is 28.4 Å². The molecule has 0 saturated carbocycles. The summed E-state index contributed by atoms with van der Waals surface area (Å²) in [6.07, 6.45) is 1.91. The molecule has 4 rings (SSSR count). The van der Waals surface area contributed by atoms with Crippen LogP contribution in [0.25, 0.3) is 5.69 Å². The van der Waals surface area contributed by atoms with Crippen molar-refractivity contribution in [1.29, 1.82) is 0 Å². The van der Waals surface area contributed by atoms with Crippen molar-refractivity contribution in [2.24, 2.45) is 5.10 Å². The van der Waals surface area contributed by atoms with E-state index < -0.39 is 22.5 Å². The Balaban J connectivity index is 1.50. The standard InChI is InChI=1S/C31H31Cl2N5O4S/c1-21-17-25(22(2)38(21)30-14-9-26(32)18-29(30)33)19-34-36-31(40)20-37(16-15-24-7-5-4-6-8-24)43(41,42)28-12-10-27(11-13-28)35-23(3)39/h4-14,17-19H,15-16,20H2,1-3H3,(H,35,39)(H,36,40)/b34-19+. The maximum absolute atomic E-state index is 13.6. The molecule has 1 heterocycles. The van der Waals surface area contributed by atoms with Gasteiger partial charge in [-0.15, -0.1) is 0 Å². The lowest BCUT2D eigenvalue weighted by Gasteiger charge is -2.21. The van der Waals surface area contributed by atoms with Crippen LogP contribution in [-0.2, 0) is 26.0 Å². The molecule has 0 radical (unpaired) electrons. The van der Waals surface area contributed by atoms with Crippen LogP contribution in [0.15, 0.2) is 88.9 Å². The number of sulfonamides is 1. The van der Waals surface area contributed by atoms with Crippen LogP contribution in [0.4, 0.5) is 5.69 Å². The summed E-state index contributed by atoms with van der Waals surface area (Å²) in [6.45, 7) is 4.81. The van der Waals surface area contributed by atoms with E-state index in [1.807, 2.05) is 60.9 Å². The summed E-state index contributed by atoms with van der Waals surface area (Å²) in [5.74, 6) is -0.870. The van der Waals surface area contributed by atoms with Crippen molar-refractivity contribution in [3.63, 3.8) is 0 Å². The van der Waals surface area contributed by atoms with Crippen molar-refractivity contribution in [3.05, 3.63) is 111 Å². The first-order valence-corrected chi connectivity index (χ1v) is 15.5. The van der Waals surface area contributed by atoms with Crippen molar-refractivity contribution < 1.29 is 18.0 Å². The zero-order valence-corrected chi connectivity index (χ0v) is 26.2. The molecule has 0 atom stereocenters. The Morgan fingerprint density at radius 1 is 0.977 bits per heavy atom. The van der Waals surface area contributed by atoms with Gasteiger partial charge in [0.25, 0.3) is 5.91 Å². The fourth-order valence-corrected chi connectivity index (χ4v) is 6.46. The molecule has 0 saturated heterocycles. The number of nitrogens with zero attached hydrogens (tertiary/aromatic N) is 3. The molecule has 4 aromatic rings. The monoisotopic (exact) mass is 639 g/mol. The number of aromatic nitrogens is 1. The summed E-state index contributed by atoms with van der Waals surface area (Å²) in [6, 6.07) is 22.3. The van der Waals surface area contributed by atoms with Gasteiger partial charge in [-0.25, -0.2) is 13.8 Å². The van der Waals surface area contributed by atoms with Gasteiger partial charge >= 0.3 is 0 Å². The normalized spacial score (nSPS) is 11.7. The van der Waals surface area contributed by atoms with Crippen LogP contribution in [-0.4, -0.2) is 48.4 Å². The van der Waals surface area contributed by atoms with Crippen LogP contribution >= 0.6 is 23.2 Å². The Kier molecular flexibility index (Phi) is 10.4. The molecule has 0 unspecified atom stereocenters. The highest BCUT2D eigenvalue weighted by molar-refractivity contribution is 7.89. The minimum atomic E-state index is -4.05. The Morgan fingerprint density at radius 2 is 1.67 bits per heavy atom. The lowest BCUT2D eigenvalue weighted by molar-refractivity contribution is -0.121. The van der Waals surface area contributed by atoms with Crippen molar-refractivity contribution in [2.75, 3.05) is 18.4 Å².